The summed E-state index contributed by atoms with van der Waals surface area (Å²) in [6.07, 6.45) is 1.85. The first kappa shape index (κ1) is 20.7. The van der Waals surface area contributed by atoms with Gasteiger partial charge in [0, 0.05) is 24.2 Å². The number of ether oxygens (including phenoxy) is 1. The molecule has 1 fully saturated rings. The van der Waals surface area contributed by atoms with Crippen molar-refractivity contribution in [1.29, 1.82) is 0 Å². The monoisotopic (exact) mass is 441 g/mol. The molecule has 0 radical (unpaired) electrons. The molecular formula is C25H23N5O3. The van der Waals surface area contributed by atoms with Crippen molar-refractivity contribution in [2.75, 3.05) is 23.9 Å². The molecule has 8 heteroatoms. The van der Waals surface area contributed by atoms with E-state index in [4.69, 9.17) is 4.74 Å². The number of nitrogens with one attached hydrogen (secondary N) is 1. The van der Waals surface area contributed by atoms with E-state index in [1.807, 2.05) is 72.8 Å². The smallest absolute Gasteiger partial charge is 0.264 e. The molecule has 0 spiro atoms. The van der Waals surface area contributed by atoms with Gasteiger partial charge in [-0.05, 0) is 61.4 Å². The number of hydrogen-bond donors (Lipinski definition) is 1. The van der Waals surface area contributed by atoms with Crippen molar-refractivity contribution < 1.29 is 14.3 Å². The topological polar surface area (TPSA) is 88.8 Å². The Morgan fingerprint density at radius 2 is 1.79 bits per heavy atom. The van der Waals surface area contributed by atoms with Gasteiger partial charge in [-0.2, -0.15) is 4.98 Å². The molecule has 1 saturated carbocycles. The van der Waals surface area contributed by atoms with E-state index in [0.717, 1.165) is 29.8 Å². The number of carbonyl (C=O) groups excluding carboxylic acids is 2. The van der Waals surface area contributed by atoms with Crippen LogP contribution in [0, 0.1) is 5.92 Å². The van der Waals surface area contributed by atoms with E-state index in [0.29, 0.717) is 17.3 Å². The van der Waals surface area contributed by atoms with Crippen LogP contribution >= 0.6 is 0 Å². The van der Waals surface area contributed by atoms with E-state index >= 15 is 0 Å². The van der Waals surface area contributed by atoms with Gasteiger partial charge in [0.2, 0.25) is 11.9 Å². The second-order valence-electron chi connectivity index (χ2n) is 7.98. The summed E-state index contributed by atoms with van der Waals surface area (Å²) in [5, 5.41) is 7.25. The summed E-state index contributed by atoms with van der Waals surface area (Å²) in [6.45, 7) is -0.0621. The average molecular weight is 441 g/mol. The zero-order chi connectivity index (χ0) is 22.8. The second-order valence-corrected chi connectivity index (χ2v) is 7.98. The Bertz CT molecular complexity index is 1300. The van der Waals surface area contributed by atoms with Gasteiger partial charge < -0.3 is 9.64 Å². The molecule has 2 aromatic carbocycles. The number of rotatable bonds is 7. The zero-order valence-electron chi connectivity index (χ0n) is 18.1. The van der Waals surface area contributed by atoms with Crippen molar-refractivity contribution >= 4 is 29.1 Å². The molecule has 2 amide bonds. The third-order valence-corrected chi connectivity index (χ3v) is 5.57. The maximum Gasteiger partial charge on any atom is 0.264 e. The lowest BCUT2D eigenvalue weighted by atomic mass is 10.1. The first-order valence-corrected chi connectivity index (χ1v) is 10.8. The first-order chi connectivity index (χ1) is 16.1. The minimum atomic E-state index is -0.140. The largest absolute Gasteiger partial charge is 0.484 e. The maximum atomic E-state index is 12.4. The van der Waals surface area contributed by atoms with Crippen molar-refractivity contribution in [1.82, 2.24) is 14.6 Å². The Labute approximate surface area is 190 Å². The van der Waals surface area contributed by atoms with Crippen LogP contribution in [0.2, 0.25) is 0 Å². The molecular weight excluding hydrogens is 418 g/mol. The second kappa shape index (κ2) is 8.74. The SMILES string of the molecule is CN(C(=O)COc1ccc(-c2cccc3nc(NC(=O)C4CC4)nn23)cc1)c1ccccc1. The van der Waals surface area contributed by atoms with Gasteiger partial charge >= 0.3 is 0 Å². The summed E-state index contributed by atoms with van der Waals surface area (Å²) in [4.78, 5) is 30.4. The number of nitrogens with zero attached hydrogens (tertiary/aromatic N) is 4. The fraction of sp³-hybridized carbons (Fsp3) is 0.200. The molecule has 0 atom stereocenters. The predicted molar refractivity (Wildman–Crippen MR) is 125 cm³/mol. The van der Waals surface area contributed by atoms with Gasteiger partial charge in [-0.1, -0.05) is 24.3 Å². The van der Waals surface area contributed by atoms with Crippen LogP contribution in [0.5, 0.6) is 5.75 Å². The summed E-state index contributed by atoms with van der Waals surface area (Å²) in [5.74, 6) is 0.819. The highest BCUT2D eigenvalue weighted by Crippen LogP contribution is 2.30. The van der Waals surface area contributed by atoms with Crippen LogP contribution in [0.4, 0.5) is 11.6 Å². The van der Waals surface area contributed by atoms with E-state index in [2.05, 4.69) is 15.4 Å². The molecule has 2 heterocycles. The number of para-hydroxylation sites is 1. The molecule has 0 unspecified atom stereocenters. The number of likely N-dealkylation sites (N-methyl/N-ethyl adjacent to an activating group) is 1. The third kappa shape index (κ3) is 4.55. The fourth-order valence-corrected chi connectivity index (χ4v) is 3.49. The molecule has 1 aliphatic carbocycles. The van der Waals surface area contributed by atoms with Crippen LogP contribution in [0.25, 0.3) is 16.9 Å². The highest BCUT2D eigenvalue weighted by atomic mass is 16.5. The molecule has 33 heavy (non-hydrogen) atoms. The van der Waals surface area contributed by atoms with Gasteiger partial charge in [0.25, 0.3) is 5.91 Å². The molecule has 0 saturated heterocycles. The van der Waals surface area contributed by atoms with Crippen molar-refractivity contribution in [3.05, 3.63) is 72.8 Å². The quantitative estimate of drug-likeness (QED) is 0.471. The Kier molecular flexibility index (Phi) is 5.48. The van der Waals surface area contributed by atoms with E-state index in [1.54, 1.807) is 16.5 Å². The lowest BCUT2D eigenvalue weighted by Gasteiger charge is -2.17. The van der Waals surface area contributed by atoms with E-state index < -0.39 is 0 Å². The number of anilines is 2. The Morgan fingerprint density at radius 1 is 1.03 bits per heavy atom. The Balaban J connectivity index is 1.27. The minimum Gasteiger partial charge on any atom is -0.484 e. The highest BCUT2D eigenvalue weighted by Gasteiger charge is 2.30. The number of aromatic nitrogens is 3. The number of hydrogen-bond acceptors (Lipinski definition) is 5. The summed E-state index contributed by atoms with van der Waals surface area (Å²) >= 11 is 0. The number of pyridine rings is 1. The summed E-state index contributed by atoms with van der Waals surface area (Å²) in [6, 6.07) is 22.5. The van der Waals surface area contributed by atoms with Crippen LogP contribution in [-0.4, -0.2) is 40.1 Å². The fourth-order valence-electron chi connectivity index (χ4n) is 3.49. The number of fused-ring (bicyclic) bond motifs is 1. The molecule has 4 aromatic rings. The molecule has 8 nitrogen and oxygen atoms in total. The predicted octanol–water partition coefficient (Wildman–Crippen LogP) is 3.79. The van der Waals surface area contributed by atoms with Gasteiger partial charge in [-0.25, -0.2) is 4.52 Å². The lowest BCUT2D eigenvalue weighted by Crippen LogP contribution is -2.31. The van der Waals surface area contributed by atoms with E-state index in [-0.39, 0.29) is 24.3 Å². The third-order valence-electron chi connectivity index (χ3n) is 5.57. The van der Waals surface area contributed by atoms with Crippen molar-refractivity contribution in [3.63, 3.8) is 0 Å². The van der Waals surface area contributed by atoms with Gasteiger partial charge in [-0.3, -0.25) is 14.9 Å². The standard InChI is InChI=1S/C25H23N5O3/c1-29(19-6-3-2-4-7-19)23(31)16-33-20-14-12-17(13-15-20)21-8-5-9-22-26-25(28-30(21)22)27-24(32)18-10-11-18/h2-9,12-15,18H,10-11,16H2,1H3,(H,27,28,32). The molecule has 1 N–H and O–H groups in total. The van der Waals surface area contributed by atoms with Crippen LogP contribution in [0.1, 0.15) is 12.8 Å². The van der Waals surface area contributed by atoms with E-state index in [1.165, 1.54) is 0 Å². The molecule has 166 valence electrons. The minimum absolute atomic E-state index is 0.0265. The summed E-state index contributed by atoms with van der Waals surface area (Å²) in [7, 11) is 1.73. The van der Waals surface area contributed by atoms with Gasteiger partial charge in [0.1, 0.15) is 5.75 Å². The van der Waals surface area contributed by atoms with Crippen LogP contribution in [0.3, 0.4) is 0 Å². The van der Waals surface area contributed by atoms with Crippen molar-refractivity contribution in [3.8, 4) is 17.0 Å². The summed E-state index contributed by atoms with van der Waals surface area (Å²) < 4.78 is 7.40. The van der Waals surface area contributed by atoms with Gasteiger partial charge in [0.15, 0.2) is 12.3 Å². The molecule has 0 bridgehead atoms. The molecule has 2 aromatic heterocycles. The highest BCUT2D eigenvalue weighted by molar-refractivity contribution is 5.94. The average Bonchev–Trinajstić information content (AvgIpc) is 3.62. The van der Waals surface area contributed by atoms with Crippen LogP contribution < -0.4 is 15.0 Å². The number of benzene rings is 2. The molecule has 5 rings (SSSR count). The van der Waals surface area contributed by atoms with E-state index in [9.17, 15) is 9.59 Å². The maximum absolute atomic E-state index is 12.4. The molecule has 1 aliphatic rings. The van der Waals surface area contributed by atoms with Crippen molar-refractivity contribution in [2.45, 2.75) is 12.8 Å². The van der Waals surface area contributed by atoms with Gasteiger partial charge in [0.05, 0.1) is 5.69 Å². The Morgan fingerprint density at radius 3 is 2.52 bits per heavy atom. The zero-order valence-corrected chi connectivity index (χ0v) is 18.1. The molecule has 0 aliphatic heterocycles. The number of carbonyl (C=O) groups is 2. The Hall–Kier alpha value is -4.20. The van der Waals surface area contributed by atoms with Crippen LogP contribution in [0.15, 0.2) is 72.8 Å². The van der Waals surface area contributed by atoms with Crippen molar-refractivity contribution in [2.24, 2.45) is 5.92 Å². The lowest BCUT2D eigenvalue weighted by molar-refractivity contribution is -0.120. The first-order valence-electron chi connectivity index (χ1n) is 10.8. The van der Waals surface area contributed by atoms with Crippen LogP contribution in [-0.2, 0) is 9.59 Å². The van der Waals surface area contributed by atoms with Gasteiger partial charge in [-0.15, -0.1) is 5.10 Å². The number of amides is 2. The normalized spacial score (nSPS) is 13.0. The summed E-state index contributed by atoms with van der Waals surface area (Å²) in [5.41, 5.74) is 3.20.